The van der Waals surface area contributed by atoms with Crippen molar-refractivity contribution in [3.63, 3.8) is 0 Å². The summed E-state index contributed by atoms with van der Waals surface area (Å²) in [7, 11) is 5.34. The third kappa shape index (κ3) is 13.6. The summed E-state index contributed by atoms with van der Waals surface area (Å²) >= 11 is 2.45. The minimum absolute atomic E-state index is 0.0190. The second kappa shape index (κ2) is 26.9. The number of nitrogens with two attached hydrogens (primary N) is 3. The maximum Gasteiger partial charge on any atom is 0.258 e. The van der Waals surface area contributed by atoms with Crippen molar-refractivity contribution in [2.24, 2.45) is 37.8 Å². The number of rotatable bonds is 8. The van der Waals surface area contributed by atoms with Gasteiger partial charge < -0.3 is 30.4 Å². The monoisotopic (exact) mass is 1100 g/mol. The zero-order chi connectivity index (χ0) is 56.7. The molecule has 6 aromatic heterocycles. The van der Waals surface area contributed by atoms with Gasteiger partial charge >= 0.3 is 0 Å². The van der Waals surface area contributed by atoms with Gasteiger partial charge in [0.25, 0.3) is 16.7 Å². The Morgan fingerprint density at radius 3 is 1.34 bits per heavy atom. The first-order chi connectivity index (χ1) is 36.9. The number of halogens is 1. The largest absolute Gasteiger partial charge is 0.399 e. The number of aromatic nitrogens is 6. The Morgan fingerprint density at radius 2 is 0.961 bits per heavy atom. The topological polar surface area (TPSA) is 307 Å². The van der Waals surface area contributed by atoms with Crippen LogP contribution in [0.2, 0.25) is 0 Å². The highest BCUT2D eigenvalue weighted by atomic mass is 79.9. The van der Waals surface area contributed by atoms with Gasteiger partial charge in [-0.05, 0) is 146 Å². The fourth-order valence-electron chi connectivity index (χ4n) is 8.49. The minimum atomic E-state index is -0.123. The number of hydrogen-bond acceptors (Lipinski definition) is 14. The van der Waals surface area contributed by atoms with E-state index in [1.165, 1.54) is 0 Å². The quantitative estimate of drug-likeness (QED) is 0.0186. The van der Waals surface area contributed by atoms with Gasteiger partial charge in [-0.15, -0.1) is 0 Å². The predicted octanol–water partition coefficient (Wildman–Crippen LogP) is 9.01. The zero-order valence-electron chi connectivity index (χ0n) is 44.3. The molecule has 0 saturated carbocycles. The summed E-state index contributed by atoms with van der Waals surface area (Å²) in [6.07, 6.45) is 9.83. The molecule has 0 aliphatic carbocycles. The summed E-state index contributed by atoms with van der Waals surface area (Å²) in [5, 5.41) is 36.7. The van der Waals surface area contributed by atoms with Crippen LogP contribution in [0, 0.1) is 42.5 Å². The standard InChI is InChI=1S/C19H21N5O2.C19H18N4O.C18H19N3O.CBrN.H3NO/c1-4-13-9-17-12(10-21-13)7-16(18(25)24(17)3)15-8-14(6-5-11(15)2)22-19(20)23-26;1-4-14-9-18-13(10-21-14)7-17(19(24)23(18)3)16-8-15(22-11-20)6-5-12(16)2;1-4-14-9-17-12(10-20-14)7-16(18(22)21(17)3)15-8-13(19)6-5-11(15)2;2-1-3;1-2/h5-10,26H,4H2,1-3H3,(H3,20,22,23);5-10,22H,4H2,1-3H3;5-10H,4,19H2,1-3H3;;2H,1H2. The van der Waals surface area contributed by atoms with Gasteiger partial charge in [0, 0.05) is 117 Å². The molecule has 0 amide bonds. The first kappa shape index (κ1) is 58.8. The maximum atomic E-state index is 13.0. The molecule has 0 radical (unpaired) electrons. The lowest BCUT2D eigenvalue weighted by atomic mass is 9.99. The van der Waals surface area contributed by atoms with Crippen LogP contribution in [0.15, 0.2) is 129 Å². The molecule has 0 aliphatic heterocycles. The summed E-state index contributed by atoms with van der Waals surface area (Å²) in [6, 6.07) is 28.1. The normalized spacial score (nSPS) is 10.6. The summed E-state index contributed by atoms with van der Waals surface area (Å²) in [6.45, 7) is 12.0. The van der Waals surface area contributed by atoms with E-state index in [1.807, 2.05) is 132 Å². The molecule has 3 aromatic carbocycles. The molecule has 19 nitrogen and oxygen atoms in total. The molecule has 9 rings (SSSR count). The number of hydrogen-bond donors (Lipinski definition) is 7. The first-order valence-electron chi connectivity index (χ1n) is 24.1. The Morgan fingerprint density at radius 1 is 0.597 bits per heavy atom. The summed E-state index contributed by atoms with van der Waals surface area (Å²) in [4.78, 5) is 57.5. The highest BCUT2D eigenvalue weighted by Crippen LogP contribution is 2.30. The summed E-state index contributed by atoms with van der Waals surface area (Å²) < 4.78 is 4.99. The van der Waals surface area contributed by atoms with Gasteiger partial charge in [0.1, 0.15) is 4.98 Å². The van der Waals surface area contributed by atoms with Gasteiger partial charge in [-0.1, -0.05) is 39.0 Å². The van der Waals surface area contributed by atoms with Crippen LogP contribution in [0.4, 0.5) is 17.1 Å². The van der Waals surface area contributed by atoms with Crippen LogP contribution in [-0.4, -0.2) is 45.0 Å². The van der Waals surface area contributed by atoms with E-state index in [9.17, 15) is 14.4 Å². The molecular formula is C57H61BrN14O5. The van der Waals surface area contributed by atoms with E-state index in [-0.39, 0.29) is 22.6 Å². The Kier molecular flexibility index (Phi) is 20.6. The number of fused-ring (bicyclic) bond motifs is 3. The van der Waals surface area contributed by atoms with Gasteiger partial charge in [-0.25, -0.2) is 16.4 Å². The second-order valence-electron chi connectivity index (χ2n) is 17.6. The van der Waals surface area contributed by atoms with Crippen molar-refractivity contribution < 1.29 is 10.4 Å². The van der Waals surface area contributed by atoms with Crippen molar-refractivity contribution in [2.75, 3.05) is 11.1 Å². The van der Waals surface area contributed by atoms with Gasteiger partial charge in [-0.2, -0.15) is 10.5 Å². The van der Waals surface area contributed by atoms with Crippen LogP contribution >= 0.6 is 15.9 Å². The van der Waals surface area contributed by atoms with Crippen molar-refractivity contribution in [3.8, 4) is 44.6 Å². The third-order valence-electron chi connectivity index (χ3n) is 12.7. The number of aryl methyl sites for hydroxylation is 9. The third-order valence-corrected chi connectivity index (χ3v) is 12.7. The molecule has 20 heteroatoms. The lowest BCUT2D eigenvalue weighted by molar-refractivity contribution is 0.233. The molecule has 10 N–H and O–H groups in total. The van der Waals surface area contributed by atoms with E-state index >= 15 is 0 Å². The fourth-order valence-corrected chi connectivity index (χ4v) is 8.49. The number of anilines is 2. The summed E-state index contributed by atoms with van der Waals surface area (Å²) in [5.41, 5.74) is 27.6. The highest BCUT2D eigenvalue weighted by molar-refractivity contribution is 9.12. The number of nitrogens with one attached hydrogen (secondary N) is 2. The molecule has 396 valence electrons. The predicted molar refractivity (Wildman–Crippen MR) is 310 cm³/mol. The number of nitrogen functional groups attached to an aromatic ring is 1. The lowest BCUT2D eigenvalue weighted by Gasteiger charge is -2.12. The number of nitrogens with zero attached hydrogens (tertiary/aromatic N) is 9. The molecule has 9 aromatic rings. The van der Waals surface area contributed by atoms with Crippen LogP contribution in [0.1, 0.15) is 54.5 Å². The molecule has 0 unspecified atom stereocenters. The van der Waals surface area contributed by atoms with E-state index in [2.05, 4.69) is 54.0 Å². The molecule has 0 bridgehead atoms. The Hall–Kier alpha value is -9.05. The van der Waals surface area contributed by atoms with Crippen LogP contribution in [-0.2, 0) is 40.4 Å². The van der Waals surface area contributed by atoms with Crippen molar-refractivity contribution in [1.82, 2.24) is 34.1 Å². The fraction of sp³-hybridized carbons (Fsp3) is 0.211. The molecule has 6 heterocycles. The molecule has 0 saturated heterocycles. The zero-order valence-corrected chi connectivity index (χ0v) is 45.9. The van der Waals surface area contributed by atoms with E-state index in [4.69, 9.17) is 32.4 Å². The van der Waals surface area contributed by atoms with E-state index in [1.54, 1.807) is 63.6 Å². The average molecular weight is 1100 g/mol. The van der Waals surface area contributed by atoms with Gasteiger partial charge in [0.05, 0.1) is 22.2 Å². The van der Waals surface area contributed by atoms with Crippen LogP contribution < -0.4 is 44.8 Å². The van der Waals surface area contributed by atoms with E-state index in [0.717, 1.165) is 102 Å². The smallest absolute Gasteiger partial charge is 0.258 e. The average Bonchev–Trinajstić information content (AvgIpc) is 3.45. The van der Waals surface area contributed by atoms with Crippen LogP contribution in [0.3, 0.4) is 0 Å². The van der Waals surface area contributed by atoms with Gasteiger partial charge in [-0.3, -0.25) is 39.9 Å². The Bertz CT molecular complexity index is 3930. The van der Waals surface area contributed by atoms with Crippen LogP contribution in [0.5, 0.6) is 0 Å². The van der Waals surface area contributed by atoms with Gasteiger partial charge in [0.15, 0.2) is 6.19 Å². The number of guanidine groups is 1. The number of benzene rings is 3. The maximum absolute atomic E-state index is 13.0. The van der Waals surface area contributed by atoms with Crippen molar-refractivity contribution >= 4 is 71.7 Å². The highest BCUT2D eigenvalue weighted by Gasteiger charge is 2.16. The minimum Gasteiger partial charge on any atom is -0.399 e. The number of nitriles is 2. The number of pyridine rings is 6. The van der Waals surface area contributed by atoms with Crippen molar-refractivity contribution in [3.05, 3.63) is 174 Å². The number of aliphatic imine (C=N–C) groups is 1. The second-order valence-corrected chi connectivity index (χ2v) is 17.9. The molecule has 77 heavy (non-hydrogen) atoms. The van der Waals surface area contributed by atoms with E-state index < -0.39 is 0 Å². The molecular weight excluding hydrogens is 1040 g/mol. The molecule has 0 atom stereocenters. The Labute approximate surface area is 453 Å². The number of hydroxylamine groups is 1. The summed E-state index contributed by atoms with van der Waals surface area (Å²) in [5.74, 6) is 3.38. The van der Waals surface area contributed by atoms with Crippen molar-refractivity contribution in [2.45, 2.75) is 60.8 Å². The molecule has 0 fully saturated rings. The van der Waals surface area contributed by atoms with Crippen molar-refractivity contribution in [1.29, 1.82) is 10.5 Å². The Balaban J connectivity index is 0.000000205. The molecule has 0 spiro atoms. The van der Waals surface area contributed by atoms with Gasteiger partial charge in [0.2, 0.25) is 5.96 Å². The molecule has 0 aliphatic rings. The SMILES string of the molecule is CCc1cc2c(cn1)cc(-c1cc(N)ccc1C)c(=O)n2C.CCc1cc2c(cn1)cc(-c1cc(N=C(N)NO)ccc1C)c(=O)n2C.CCc1cc2c(cn1)cc(-c1cc(NC#N)ccc1C)c(=O)n2C.N#CBr.NO. The van der Waals surface area contributed by atoms with Crippen LogP contribution in [0.25, 0.3) is 66.1 Å². The lowest BCUT2D eigenvalue weighted by Crippen LogP contribution is -2.27. The van der Waals surface area contributed by atoms with E-state index in [0.29, 0.717) is 33.8 Å². The first-order valence-corrected chi connectivity index (χ1v) is 24.9.